The van der Waals surface area contributed by atoms with Gasteiger partial charge in [-0.15, -0.1) is 11.3 Å². The number of ketones is 1. The van der Waals surface area contributed by atoms with Crippen LogP contribution in [0.2, 0.25) is 0 Å². The summed E-state index contributed by atoms with van der Waals surface area (Å²) in [6, 6.07) is 3.16. The zero-order valence-electron chi connectivity index (χ0n) is 17.5. The molecule has 0 aliphatic heterocycles. The van der Waals surface area contributed by atoms with Gasteiger partial charge >= 0.3 is 0 Å². The molecule has 1 saturated carbocycles. The number of carbonyl (C=O) groups excluding carboxylic acids is 2. The summed E-state index contributed by atoms with van der Waals surface area (Å²) in [6.07, 6.45) is 6.28. The maximum absolute atomic E-state index is 15.2. The molecular weight excluding hydrogens is 455 g/mol. The number of aromatic nitrogens is 3. The number of sulfone groups is 1. The number of amides is 1. The standard InChI is InChI=1S/C21H21FN4O4S2/c1-11-23-8-13(9-24-11)15-5-6-16-18(17(15)22)26-21(31-16)19(32(2,29)30)20(28)25-10-14(27)7-12-3-4-12/h5-6,8-9,12,19H,3-4,7,10H2,1-2H3,(H,25,28). The van der Waals surface area contributed by atoms with E-state index in [1.165, 1.54) is 12.4 Å². The summed E-state index contributed by atoms with van der Waals surface area (Å²) in [5.41, 5.74) is 0.644. The Labute approximate surface area is 188 Å². The summed E-state index contributed by atoms with van der Waals surface area (Å²) in [7, 11) is -3.92. The monoisotopic (exact) mass is 476 g/mol. The molecule has 0 radical (unpaired) electrons. The highest BCUT2D eigenvalue weighted by atomic mass is 32.2. The number of hydrogen-bond acceptors (Lipinski definition) is 8. The molecule has 1 aliphatic carbocycles. The highest BCUT2D eigenvalue weighted by Crippen LogP contribution is 2.35. The lowest BCUT2D eigenvalue weighted by molar-refractivity contribution is -0.125. The third kappa shape index (κ3) is 4.83. The van der Waals surface area contributed by atoms with Crippen molar-refractivity contribution in [3.63, 3.8) is 0 Å². The van der Waals surface area contributed by atoms with Crippen LogP contribution in [0.3, 0.4) is 0 Å². The molecule has 1 atom stereocenters. The fourth-order valence-electron chi connectivity index (χ4n) is 3.33. The first-order chi connectivity index (χ1) is 15.1. The summed E-state index contributed by atoms with van der Waals surface area (Å²) in [4.78, 5) is 36.9. The van der Waals surface area contributed by atoms with Crippen LogP contribution in [0.15, 0.2) is 24.5 Å². The van der Waals surface area contributed by atoms with Crippen molar-refractivity contribution in [2.24, 2.45) is 5.92 Å². The maximum atomic E-state index is 15.2. The molecular formula is C21H21FN4O4S2. The second kappa shape index (κ2) is 8.62. The van der Waals surface area contributed by atoms with Crippen molar-refractivity contribution in [2.75, 3.05) is 12.8 Å². The van der Waals surface area contributed by atoms with E-state index in [1.54, 1.807) is 19.1 Å². The molecule has 11 heteroatoms. The number of nitrogens with zero attached hydrogens (tertiary/aromatic N) is 3. The van der Waals surface area contributed by atoms with Gasteiger partial charge in [0.2, 0.25) is 5.91 Å². The second-order valence-corrected chi connectivity index (χ2v) is 11.2. The second-order valence-electron chi connectivity index (χ2n) is 7.96. The Bertz CT molecular complexity index is 1300. The van der Waals surface area contributed by atoms with Crippen LogP contribution < -0.4 is 5.32 Å². The van der Waals surface area contributed by atoms with Crippen LogP contribution in [0.25, 0.3) is 21.3 Å². The first-order valence-corrected chi connectivity index (χ1v) is 12.8. The van der Waals surface area contributed by atoms with Crippen LogP contribution in [0.4, 0.5) is 4.39 Å². The molecule has 1 fully saturated rings. The smallest absolute Gasteiger partial charge is 0.245 e. The van der Waals surface area contributed by atoms with Gasteiger partial charge in [-0.25, -0.2) is 27.8 Å². The van der Waals surface area contributed by atoms with Crippen molar-refractivity contribution in [1.29, 1.82) is 0 Å². The number of thiazole rings is 1. The molecule has 1 aliphatic rings. The van der Waals surface area contributed by atoms with Gasteiger partial charge < -0.3 is 5.32 Å². The van der Waals surface area contributed by atoms with Gasteiger partial charge in [0.15, 0.2) is 26.7 Å². The lowest BCUT2D eigenvalue weighted by Gasteiger charge is -2.12. The fourth-order valence-corrected chi connectivity index (χ4v) is 5.83. The normalized spacial score (nSPS) is 15.0. The van der Waals surface area contributed by atoms with Crippen LogP contribution in [0.1, 0.15) is 35.3 Å². The fraction of sp³-hybridized carbons (Fsp3) is 0.381. The third-order valence-electron chi connectivity index (χ3n) is 5.17. The van der Waals surface area contributed by atoms with Crippen molar-refractivity contribution >= 4 is 43.1 Å². The van der Waals surface area contributed by atoms with Crippen LogP contribution in [-0.2, 0) is 19.4 Å². The van der Waals surface area contributed by atoms with Gasteiger partial charge in [-0.1, -0.05) is 0 Å². The van der Waals surface area contributed by atoms with E-state index >= 15 is 4.39 Å². The number of Topliss-reactive ketones (excluding diaryl/α,β-unsaturated/α-hetero) is 1. The summed E-state index contributed by atoms with van der Waals surface area (Å²) >= 11 is 0.929. The highest BCUT2D eigenvalue weighted by Gasteiger charge is 2.35. The number of halogens is 1. The van der Waals surface area contributed by atoms with E-state index in [9.17, 15) is 18.0 Å². The van der Waals surface area contributed by atoms with E-state index in [2.05, 4.69) is 20.3 Å². The quantitative estimate of drug-likeness (QED) is 0.531. The molecule has 0 spiro atoms. The molecule has 1 N–H and O–H groups in total. The maximum Gasteiger partial charge on any atom is 0.245 e. The van der Waals surface area contributed by atoms with E-state index in [0.717, 1.165) is 30.4 Å². The minimum absolute atomic E-state index is 0.0330. The zero-order valence-corrected chi connectivity index (χ0v) is 19.1. The molecule has 32 heavy (non-hydrogen) atoms. The molecule has 1 unspecified atom stereocenters. The number of benzene rings is 1. The highest BCUT2D eigenvalue weighted by molar-refractivity contribution is 7.91. The van der Waals surface area contributed by atoms with E-state index in [-0.39, 0.29) is 28.4 Å². The summed E-state index contributed by atoms with van der Waals surface area (Å²) in [5.74, 6) is -0.726. The first kappa shape index (κ1) is 22.4. The van der Waals surface area contributed by atoms with Crippen molar-refractivity contribution in [2.45, 2.75) is 31.4 Å². The van der Waals surface area contributed by atoms with Crippen LogP contribution in [0, 0.1) is 18.7 Å². The van der Waals surface area contributed by atoms with Gasteiger partial charge in [0, 0.05) is 36.2 Å². The van der Waals surface area contributed by atoms with Gasteiger partial charge in [-0.3, -0.25) is 9.59 Å². The average molecular weight is 477 g/mol. The largest absolute Gasteiger partial charge is 0.348 e. The minimum atomic E-state index is -3.92. The van der Waals surface area contributed by atoms with Crippen molar-refractivity contribution in [3.05, 3.63) is 41.2 Å². The number of carbonyl (C=O) groups is 2. The number of aryl methyl sites for hydroxylation is 1. The van der Waals surface area contributed by atoms with Gasteiger partial charge in [0.05, 0.1) is 11.2 Å². The predicted octanol–water partition coefficient (Wildman–Crippen LogP) is 2.77. The predicted molar refractivity (Wildman–Crippen MR) is 118 cm³/mol. The molecule has 0 bridgehead atoms. The third-order valence-corrected chi connectivity index (χ3v) is 7.70. The number of fused-ring (bicyclic) bond motifs is 1. The Morgan fingerprint density at radius 3 is 2.56 bits per heavy atom. The lowest BCUT2D eigenvalue weighted by Crippen LogP contribution is -2.36. The van der Waals surface area contributed by atoms with Gasteiger partial charge in [0.1, 0.15) is 16.3 Å². The van der Waals surface area contributed by atoms with Crippen LogP contribution >= 0.6 is 11.3 Å². The first-order valence-electron chi connectivity index (χ1n) is 9.99. The number of hydrogen-bond donors (Lipinski definition) is 1. The van der Waals surface area contributed by atoms with Gasteiger partial charge in [0.25, 0.3) is 0 Å². The van der Waals surface area contributed by atoms with Gasteiger partial charge in [-0.2, -0.15) is 0 Å². The van der Waals surface area contributed by atoms with Crippen LogP contribution in [-0.4, -0.2) is 47.9 Å². The molecule has 2 aromatic heterocycles. The van der Waals surface area contributed by atoms with Crippen molar-refractivity contribution in [3.8, 4) is 11.1 Å². The van der Waals surface area contributed by atoms with Crippen LogP contribution in [0.5, 0.6) is 0 Å². The summed E-state index contributed by atoms with van der Waals surface area (Å²) < 4.78 is 40.4. The average Bonchev–Trinajstić information content (AvgIpc) is 3.43. The molecule has 1 amide bonds. The molecule has 168 valence electrons. The molecule has 1 aromatic carbocycles. The van der Waals surface area contributed by atoms with E-state index in [1.807, 2.05) is 0 Å². The Balaban J connectivity index is 1.64. The molecule has 3 aromatic rings. The Morgan fingerprint density at radius 2 is 1.94 bits per heavy atom. The Hall–Kier alpha value is -2.79. The minimum Gasteiger partial charge on any atom is -0.348 e. The van der Waals surface area contributed by atoms with Crippen molar-refractivity contribution in [1.82, 2.24) is 20.3 Å². The SMILES string of the molecule is Cc1ncc(-c2ccc3sc(C(C(=O)NCC(=O)CC4CC4)S(C)(=O)=O)nc3c2F)cn1. The van der Waals surface area contributed by atoms with Crippen molar-refractivity contribution < 1.29 is 22.4 Å². The molecule has 0 saturated heterocycles. The molecule has 2 heterocycles. The lowest BCUT2D eigenvalue weighted by atomic mass is 10.1. The Morgan fingerprint density at radius 1 is 1.25 bits per heavy atom. The van der Waals surface area contributed by atoms with E-state index in [4.69, 9.17) is 0 Å². The molecule has 4 rings (SSSR count). The number of nitrogens with one attached hydrogen (secondary N) is 1. The van der Waals surface area contributed by atoms with Gasteiger partial charge in [-0.05, 0) is 37.8 Å². The topological polar surface area (TPSA) is 119 Å². The zero-order chi connectivity index (χ0) is 23.0. The van der Waals surface area contributed by atoms with E-state index < -0.39 is 26.8 Å². The van der Waals surface area contributed by atoms with E-state index in [0.29, 0.717) is 28.4 Å². The molecule has 8 nitrogen and oxygen atoms in total. The summed E-state index contributed by atoms with van der Waals surface area (Å²) in [5, 5.41) is 0.735. The Kier molecular flexibility index (Phi) is 6.04. The number of rotatable bonds is 8. The summed E-state index contributed by atoms with van der Waals surface area (Å²) in [6.45, 7) is 1.48.